The fraction of sp³-hybridized carbons (Fsp3) is 0.417. The van der Waals surface area contributed by atoms with Gasteiger partial charge in [0.15, 0.2) is 9.84 Å². The van der Waals surface area contributed by atoms with Crippen molar-refractivity contribution in [3.63, 3.8) is 0 Å². The molecule has 4 nitrogen and oxygen atoms in total. The number of halogens is 2. The molecule has 1 saturated heterocycles. The normalized spacial score (nSPS) is 25.2. The van der Waals surface area contributed by atoms with Crippen molar-refractivity contribution < 1.29 is 13.2 Å². The van der Waals surface area contributed by atoms with Gasteiger partial charge in [0.1, 0.15) is 0 Å². The van der Waals surface area contributed by atoms with Gasteiger partial charge in [-0.05, 0) is 24.6 Å². The topological polar surface area (TPSA) is 63.2 Å². The van der Waals surface area contributed by atoms with Crippen LogP contribution in [0.15, 0.2) is 18.2 Å². The van der Waals surface area contributed by atoms with Gasteiger partial charge >= 0.3 is 0 Å². The van der Waals surface area contributed by atoms with Crippen LogP contribution in [0.25, 0.3) is 0 Å². The van der Waals surface area contributed by atoms with Crippen molar-refractivity contribution in [2.75, 3.05) is 11.5 Å². The Balaban J connectivity index is 2.16. The molecule has 7 heteroatoms. The molecule has 1 N–H and O–H groups in total. The number of carbonyl (C=O) groups is 1. The first-order valence-corrected chi connectivity index (χ1v) is 8.34. The van der Waals surface area contributed by atoms with E-state index in [1.165, 1.54) is 0 Å². The van der Waals surface area contributed by atoms with E-state index in [4.69, 9.17) is 23.2 Å². The second-order valence-corrected chi connectivity index (χ2v) is 7.71. The molecule has 19 heavy (non-hydrogen) atoms. The third-order valence-corrected chi connectivity index (χ3v) is 5.90. The van der Waals surface area contributed by atoms with Gasteiger partial charge in [0.05, 0.1) is 22.9 Å². The number of carbonyl (C=O) groups excluding carboxylic acids is 1. The molecule has 0 saturated carbocycles. The molecule has 2 unspecified atom stereocenters. The van der Waals surface area contributed by atoms with Crippen LogP contribution >= 0.6 is 23.2 Å². The number of alkyl halides is 1. The average molecular weight is 322 g/mol. The van der Waals surface area contributed by atoms with Crippen LogP contribution in [0.2, 0.25) is 5.02 Å². The van der Waals surface area contributed by atoms with Crippen molar-refractivity contribution in [3.8, 4) is 0 Å². The Kier molecular flexibility index (Phi) is 4.08. The van der Waals surface area contributed by atoms with Crippen LogP contribution in [0, 0.1) is 6.92 Å². The average Bonchev–Trinajstić information content (AvgIpc) is 2.55. The van der Waals surface area contributed by atoms with Gasteiger partial charge in [-0.3, -0.25) is 4.79 Å². The molecular weight excluding hydrogens is 309 g/mol. The third kappa shape index (κ3) is 3.22. The van der Waals surface area contributed by atoms with Gasteiger partial charge in [0, 0.05) is 10.6 Å². The van der Waals surface area contributed by atoms with E-state index in [1.54, 1.807) is 25.1 Å². The van der Waals surface area contributed by atoms with Gasteiger partial charge < -0.3 is 5.32 Å². The smallest absolute Gasteiger partial charge is 0.251 e. The molecular formula is C12H13Cl2NO3S. The van der Waals surface area contributed by atoms with Crippen molar-refractivity contribution in [3.05, 3.63) is 34.3 Å². The highest BCUT2D eigenvalue weighted by atomic mass is 35.5. The maximum absolute atomic E-state index is 12.1. The van der Waals surface area contributed by atoms with E-state index in [0.717, 1.165) is 0 Å². The first-order valence-electron chi connectivity index (χ1n) is 5.70. The summed E-state index contributed by atoms with van der Waals surface area (Å²) in [6, 6.07) is 4.45. The summed E-state index contributed by atoms with van der Waals surface area (Å²) in [5.41, 5.74) is 1.09. The van der Waals surface area contributed by atoms with E-state index in [0.29, 0.717) is 16.1 Å². The van der Waals surface area contributed by atoms with Crippen molar-refractivity contribution in [2.24, 2.45) is 0 Å². The Morgan fingerprint density at radius 3 is 2.63 bits per heavy atom. The molecule has 1 fully saturated rings. The highest BCUT2D eigenvalue weighted by Crippen LogP contribution is 2.21. The first-order chi connectivity index (χ1) is 8.80. The highest BCUT2D eigenvalue weighted by molar-refractivity contribution is 7.91. The minimum absolute atomic E-state index is 0.103. The van der Waals surface area contributed by atoms with Gasteiger partial charge in [-0.2, -0.15) is 0 Å². The second-order valence-electron chi connectivity index (χ2n) is 4.59. The van der Waals surface area contributed by atoms with Crippen LogP contribution in [-0.2, 0) is 9.84 Å². The number of sulfone groups is 1. The van der Waals surface area contributed by atoms with Crippen molar-refractivity contribution in [2.45, 2.75) is 18.3 Å². The standard InChI is InChI=1S/C12H13Cl2NO3S/c1-7-8(3-2-4-9(7)13)12(16)15-11-6-19(17,18)5-10(11)14/h2-4,10-11H,5-6H2,1H3,(H,15,16). The van der Waals surface area contributed by atoms with E-state index >= 15 is 0 Å². The van der Waals surface area contributed by atoms with Gasteiger partial charge in [-0.1, -0.05) is 17.7 Å². The lowest BCUT2D eigenvalue weighted by Crippen LogP contribution is -2.40. The Morgan fingerprint density at radius 2 is 2.05 bits per heavy atom. The molecule has 1 aromatic rings. The molecule has 2 atom stereocenters. The summed E-state index contributed by atoms with van der Waals surface area (Å²) in [6.45, 7) is 1.74. The second kappa shape index (κ2) is 5.31. The zero-order valence-corrected chi connectivity index (χ0v) is 12.5. The van der Waals surface area contributed by atoms with Crippen molar-refractivity contribution >= 4 is 38.9 Å². The summed E-state index contributed by atoms with van der Waals surface area (Å²) < 4.78 is 22.9. The van der Waals surface area contributed by atoms with E-state index in [1.807, 2.05) is 0 Å². The monoisotopic (exact) mass is 321 g/mol. The number of rotatable bonds is 2. The fourth-order valence-electron chi connectivity index (χ4n) is 2.04. The molecule has 2 rings (SSSR count). The Hall–Kier alpha value is -0.780. The molecule has 0 spiro atoms. The largest absolute Gasteiger partial charge is 0.347 e. The van der Waals surface area contributed by atoms with E-state index < -0.39 is 21.3 Å². The van der Waals surface area contributed by atoms with E-state index in [-0.39, 0.29) is 17.4 Å². The number of hydrogen-bond acceptors (Lipinski definition) is 3. The number of nitrogens with one attached hydrogen (secondary N) is 1. The molecule has 1 aliphatic rings. The highest BCUT2D eigenvalue weighted by Gasteiger charge is 2.37. The maximum Gasteiger partial charge on any atom is 0.251 e. The lowest BCUT2D eigenvalue weighted by atomic mass is 10.1. The zero-order valence-electron chi connectivity index (χ0n) is 10.2. The third-order valence-electron chi connectivity index (χ3n) is 3.11. The quantitative estimate of drug-likeness (QED) is 0.844. The summed E-state index contributed by atoms with van der Waals surface area (Å²) in [7, 11) is -3.16. The minimum atomic E-state index is -3.16. The van der Waals surface area contributed by atoms with Crippen LogP contribution in [0.1, 0.15) is 15.9 Å². The van der Waals surface area contributed by atoms with Gasteiger partial charge in [0.25, 0.3) is 5.91 Å². The van der Waals surface area contributed by atoms with Crippen LogP contribution < -0.4 is 5.32 Å². The van der Waals surface area contributed by atoms with Crippen molar-refractivity contribution in [1.29, 1.82) is 0 Å². The van der Waals surface area contributed by atoms with Crippen LogP contribution in [0.3, 0.4) is 0 Å². The predicted octanol–water partition coefficient (Wildman–Crippen LogP) is 1.78. The molecule has 0 aromatic heterocycles. The Bertz CT molecular complexity index is 615. The molecule has 1 amide bonds. The molecule has 104 valence electrons. The Morgan fingerprint density at radius 1 is 1.37 bits per heavy atom. The first kappa shape index (κ1) is 14.6. The number of benzene rings is 1. The summed E-state index contributed by atoms with van der Waals surface area (Å²) in [5, 5.41) is 2.57. The van der Waals surface area contributed by atoms with Gasteiger partial charge in [-0.15, -0.1) is 11.6 Å². The minimum Gasteiger partial charge on any atom is -0.347 e. The SMILES string of the molecule is Cc1c(Cl)cccc1C(=O)NC1CS(=O)(=O)CC1Cl. The lowest BCUT2D eigenvalue weighted by molar-refractivity contribution is 0.0941. The summed E-state index contributed by atoms with van der Waals surface area (Å²) in [4.78, 5) is 12.1. The number of amides is 1. The summed E-state index contributed by atoms with van der Waals surface area (Å²) in [5.74, 6) is -0.576. The van der Waals surface area contributed by atoms with Gasteiger partial charge in [0.2, 0.25) is 0 Å². The lowest BCUT2D eigenvalue weighted by Gasteiger charge is -2.15. The van der Waals surface area contributed by atoms with Crippen LogP contribution in [0.4, 0.5) is 0 Å². The maximum atomic E-state index is 12.1. The molecule has 0 aliphatic carbocycles. The summed E-state index contributed by atoms with van der Waals surface area (Å²) >= 11 is 11.9. The zero-order chi connectivity index (χ0) is 14.2. The van der Waals surface area contributed by atoms with Crippen LogP contribution in [-0.4, -0.2) is 37.2 Å². The Labute approximate surface area is 122 Å². The molecule has 0 bridgehead atoms. The molecule has 1 aliphatic heterocycles. The van der Waals surface area contributed by atoms with E-state index in [9.17, 15) is 13.2 Å². The van der Waals surface area contributed by atoms with Gasteiger partial charge in [-0.25, -0.2) is 8.42 Å². The van der Waals surface area contributed by atoms with E-state index in [2.05, 4.69) is 5.32 Å². The van der Waals surface area contributed by atoms with Crippen LogP contribution in [0.5, 0.6) is 0 Å². The fourth-order valence-corrected chi connectivity index (χ4v) is 4.76. The molecule has 0 radical (unpaired) electrons. The number of hydrogen-bond donors (Lipinski definition) is 1. The summed E-state index contributed by atoms with van der Waals surface area (Å²) in [6.07, 6.45) is 0. The predicted molar refractivity (Wildman–Crippen MR) is 75.7 cm³/mol. The molecule has 1 heterocycles. The van der Waals surface area contributed by atoms with Crippen molar-refractivity contribution in [1.82, 2.24) is 5.32 Å². The molecule has 1 aromatic carbocycles.